The molecule has 4 aromatic rings. The average molecular weight is 565 g/mol. The number of nitrogen functional groups attached to an aromatic ring is 1. The molecule has 3 heterocycles. The van der Waals surface area contributed by atoms with Crippen LogP contribution in [0.1, 0.15) is 59.2 Å². The third-order valence-corrected chi connectivity index (χ3v) is 8.14. The van der Waals surface area contributed by atoms with Crippen molar-refractivity contribution in [2.24, 2.45) is 0 Å². The zero-order valence-electron chi connectivity index (χ0n) is 24.9. The van der Waals surface area contributed by atoms with Crippen LogP contribution in [0.15, 0.2) is 73.2 Å². The fraction of sp³-hybridized carbons (Fsp3) is 0.324. The van der Waals surface area contributed by atoms with Crippen LogP contribution in [0.25, 0.3) is 0 Å². The van der Waals surface area contributed by atoms with Gasteiger partial charge in [-0.2, -0.15) is 0 Å². The number of amides is 1. The van der Waals surface area contributed by atoms with E-state index in [4.69, 9.17) is 10.5 Å². The summed E-state index contributed by atoms with van der Waals surface area (Å²) in [4.78, 5) is 24.5. The lowest BCUT2D eigenvalue weighted by Gasteiger charge is -2.26. The van der Waals surface area contributed by atoms with Crippen molar-refractivity contribution in [1.29, 1.82) is 0 Å². The number of rotatable bonds is 9. The first-order valence-electron chi connectivity index (χ1n) is 14.5. The van der Waals surface area contributed by atoms with Gasteiger partial charge in [0, 0.05) is 51.4 Å². The highest BCUT2D eigenvalue weighted by molar-refractivity contribution is 5.91. The van der Waals surface area contributed by atoms with Crippen LogP contribution in [-0.4, -0.2) is 40.5 Å². The first-order chi connectivity index (χ1) is 20.4. The third-order valence-electron chi connectivity index (χ3n) is 8.14. The predicted molar refractivity (Wildman–Crippen MR) is 169 cm³/mol. The van der Waals surface area contributed by atoms with E-state index in [1.165, 1.54) is 11.1 Å². The number of pyridine rings is 2. The van der Waals surface area contributed by atoms with Gasteiger partial charge >= 0.3 is 0 Å². The van der Waals surface area contributed by atoms with E-state index >= 15 is 0 Å². The summed E-state index contributed by atoms with van der Waals surface area (Å²) in [7, 11) is 1.86. The minimum absolute atomic E-state index is 0.0797. The van der Waals surface area contributed by atoms with E-state index in [2.05, 4.69) is 63.6 Å². The Labute approximate surface area is 248 Å². The highest BCUT2D eigenvalue weighted by Crippen LogP contribution is 2.37. The largest absolute Gasteiger partial charge is 0.487 e. The molecule has 8 heteroatoms. The SMILES string of the molecule is CC[C@@H]1CN(Cc2cc([C@@H](CC(=O)Nc3cccnc3)c3ccc(NC)c(N)c3C)ccc2C)Cc2ncccc2O1. The van der Waals surface area contributed by atoms with Gasteiger partial charge in [-0.15, -0.1) is 0 Å². The summed E-state index contributed by atoms with van der Waals surface area (Å²) < 4.78 is 6.29. The van der Waals surface area contributed by atoms with Crippen molar-refractivity contribution >= 4 is 23.0 Å². The zero-order chi connectivity index (χ0) is 29.6. The van der Waals surface area contributed by atoms with E-state index in [0.29, 0.717) is 17.9 Å². The van der Waals surface area contributed by atoms with Gasteiger partial charge in [0.05, 0.1) is 29.0 Å². The number of aromatic nitrogens is 2. The Balaban J connectivity index is 1.48. The van der Waals surface area contributed by atoms with Crippen LogP contribution in [0.2, 0.25) is 0 Å². The van der Waals surface area contributed by atoms with Gasteiger partial charge in [0.2, 0.25) is 5.91 Å². The molecule has 0 bridgehead atoms. The lowest BCUT2D eigenvalue weighted by atomic mass is 9.83. The summed E-state index contributed by atoms with van der Waals surface area (Å²) in [6.45, 7) is 8.61. The number of anilines is 3. The van der Waals surface area contributed by atoms with Gasteiger partial charge in [-0.05, 0) is 78.4 Å². The highest BCUT2D eigenvalue weighted by atomic mass is 16.5. The molecule has 2 atom stereocenters. The summed E-state index contributed by atoms with van der Waals surface area (Å²) in [5, 5.41) is 6.18. The summed E-state index contributed by atoms with van der Waals surface area (Å²) in [6.07, 6.45) is 6.45. The van der Waals surface area contributed by atoms with Crippen molar-refractivity contribution in [2.45, 2.75) is 58.7 Å². The van der Waals surface area contributed by atoms with Crippen molar-refractivity contribution in [2.75, 3.05) is 30.0 Å². The lowest BCUT2D eigenvalue weighted by Crippen LogP contribution is -2.32. The van der Waals surface area contributed by atoms with Crippen molar-refractivity contribution in [3.8, 4) is 5.75 Å². The van der Waals surface area contributed by atoms with Crippen LogP contribution in [0.5, 0.6) is 5.75 Å². The van der Waals surface area contributed by atoms with E-state index < -0.39 is 0 Å². The number of hydrogen-bond acceptors (Lipinski definition) is 7. The van der Waals surface area contributed by atoms with Crippen LogP contribution in [0.3, 0.4) is 0 Å². The Morgan fingerprint density at radius 1 is 1.14 bits per heavy atom. The molecule has 0 spiro atoms. The van der Waals surface area contributed by atoms with Crippen LogP contribution in [-0.2, 0) is 17.9 Å². The molecule has 0 fully saturated rings. The molecule has 0 saturated heterocycles. The topological polar surface area (TPSA) is 105 Å². The number of nitrogens with zero attached hydrogens (tertiary/aromatic N) is 3. The number of hydrogen-bond donors (Lipinski definition) is 3. The minimum atomic E-state index is -0.188. The number of nitrogens with two attached hydrogens (primary N) is 1. The molecule has 1 aliphatic heterocycles. The average Bonchev–Trinajstić information content (AvgIpc) is 3.18. The third kappa shape index (κ3) is 6.55. The maximum absolute atomic E-state index is 13.4. The Morgan fingerprint density at radius 3 is 2.74 bits per heavy atom. The molecule has 42 heavy (non-hydrogen) atoms. The van der Waals surface area contributed by atoms with Gasteiger partial charge in [0.1, 0.15) is 11.9 Å². The smallest absolute Gasteiger partial charge is 0.225 e. The van der Waals surface area contributed by atoms with E-state index in [0.717, 1.165) is 53.3 Å². The number of benzene rings is 2. The lowest BCUT2D eigenvalue weighted by molar-refractivity contribution is -0.116. The molecule has 0 aliphatic carbocycles. The molecular weight excluding hydrogens is 524 g/mol. The normalized spacial score (nSPS) is 15.7. The predicted octanol–water partition coefficient (Wildman–Crippen LogP) is 6.05. The summed E-state index contributed by atoms with van der Waals surface area (Å²) in [5.74, 6) is 0.603. The first-order valence-corrected chi connectivity index (χ1v) is 14.5. The van der Waals surface area contributed by atoms with Gasteiger partial charge in [-0.1, -0.05) is 31.2 Å². The molecule has 4 N–H and O–H groups in total. The van der Waals surface area contributed by atoms with E-state index in [-0.39, 0.29) is 24.3 Å². The van der Waals surface area contributed by atoms with Gasteiger partial charge in [-0.25, -0.2) is 0 Å². The van der Waals surface area contributed by atoms with Crippen molar-refractivity contribution in [1.82, 2.24) is 14.9 Å². The Kier molecular flexibility index (Phi) is 9.03. The molecule has 218 valence electrons. The zero-order valence-corrected chi connectivity index (χ0v) is 24.9. The number of fused-ring (bicyclic) bond motifs is 1. The number of nitrogens with one attached hydrogen (secondary N) is 2. The molecule has 0 saturated carbocycles. The number of carbonyl (C=O) groups is 1. The molecule has 5 rings (SSSR count). The van der Waals surface area contributed by atoms with Gasteiger partial charge < -0.3 is 21.1 Å². The molecule has 1 amide bonds. The van der Waals surface area contributed by atoms with Crippen LogP contribution in [0.4, 0.5) is 17.1 Å². The van der Waals surface area contributed by atoms with Crippen LogP contribution < -0.4 is 21.1 Å². The molecule has 2 aromatic carbocycles. The highest BCUT2D eigenvalue weighted by Gasteiger charge is 2.25. The molecule has 8 nitrogen and oxygen atoms in total. The van der Waals surface area contributed by atoms with Gasteiger partial charge in [-0.3, -0.25) is 19.7 Å². The Bertz CT molecular complexity index is 1540. The number of carbonyl (C=O) groups excluding carboxylic acids is 1. The van der Waals surface area contributed by atoms with Crippen LogP contribution in [0, 0.1) is 13.8 Å². The fourth-order valence-corrected chi connectivity index (χ4v) is 5.67. The minimum Gasteiger partial charge on any atom is -0.487 e. The number of aryl methyl sites for hydroxylation is 1. The summed E-state index contributed by atoms with van der Waals surface area (Å²) in [6, 6.07) is 18.2. The Hall–Kier alpha value is -4.43. The van der Waals surface area contributed by atoms with E-state index in [1.807, 2.05) is 50.5 Å². The second kappa shape index (κ2) is 13.0. The Morgan fingerprint density at radius 2 is 1.98 bits per heavy atom. The molecule has 0 unspecified atom stereocenters. The summed E-state index contributed by atoms with van der Waals surface area (Å²) >= 11 is 0. The number of ether oxygens (including phenoxy) is 1. The van der Waals surface area contributed by atoms with Crippen molar-refractivity contribution in [3.63, 3.8) is 0 Å². The van der Waals surface area contributed by atoms with Crippen molar-refractivity contribution in [3.05, 3.63) is 107 Å². The second-order valence-electron chi connectivity index (χ2n) is 11.0. The molecule has 0 radical (unpaired) electrons. The molecule has 2 aromatic heterocycles. The monoisotopic (exact) mass is 564 g/mol. The van der Waals surface area contributed by atoms with Crippen LogP contribution >= 0.6 is 0 Å². The fourth-order valence-electron chi connectivity index (χ4n) is 5.67. The molecular formula is C34H40N6O2. The van der Waals surface area contributed by atoms with E-state index in [9.17, 15) is 4.79 Å². The maximum atomic E-state index is 13.4. The van der Waals surface area contributed by atoms with E-state index in [1.54, 1.807) is 12.4 Å². The van der Waals surface area contributed by atoms with Gasteiger partial charge in [0.25, 0.3) is 0 Å². The maximum Gasteiger partial charge on any atom is 0.225 e. The quantitative estimate of drug-likeness (QED) is 0.213. The van der Waals surface area contributed by atoms with Crippen molar-refractivity contribution < 1.29 is 9.53 Å². The summed E-state index contributed by atoms with van der Waals surface area (Å²) in [5.41, 5.74) is 15.2. The molecule has 1 aliphatic rings. The standard InChI is InChI=1S/C34H40N6O2/c1-5-27-20-40(21-31-32(42-27)9-7-15-38-31)19-25-16-24(11-10-22(25)2)29(17-33(41)39-26-8-6-14-37-18-26)28-12-13-30(36-4)34(35)23(28)3/h6-16,18,27,29,36H,5,17,19-21,35H2,1-4H3,(H,39,41)/t27-,29-/m1/s1. The first kappa shape index (κ1) is 29.1. The second-order valence-corrected chi connectivity index (χ2v) is 11.0. The van der Waals surface area contributed by atoms with Gasteiger partial charge in [0.15, 0.2) is 0 Å².